The Balaban J connectivity index is 1.69. The van der Waals surface area contributed by atoms with Crippen LogP contribution in [0.5, 0.6) is 5.88 Å². The molecule has 1 aromatic heterocycles. The van der Waals surface area contributed by atoms with Gasteiger partial charge in [-0.2, -0.15) is 0 Å². The predicted octanol–water partition coefficient (Wildman–Crippen LogP) is 2.58. The number of carbonyl (C=O) groups is 2. The summed E-state index contributed by atoms with van der Waals surface area (Å²) < 4.78 is 5.09. The third-order valence-electron chi connectivity index (χ3n) is 3.99. The molecule has 2 aromatic rings. The minimum absolute atomic E-state index is 0.0410. The van der Waals surface area contributed by atoms with Gasteiger partial charge in [0.25, 0.3) is 11.8 Å². The number of methoxy groups -OCH3 is 1. The molecule has 6 heteroatoms. The zero-order valence-electron chi connectivity index (χ0n) is 13.5. The molecule has 1 aliphatic rings. The third-order valence-corrected chi connectivity index (χ3v) is 3.99. The minimum Gasteiger partial charge on any atom is -0.480 e. The lowest BCUT2D eigenvalue weighted by molar-refractivity contribution is 0.0792. The Morgan fingerprint density at radius 1 is 1.12 bits per heavy atom. The van der Waals surface area contributed by atoms with Gasteiger partial charge in [0.2, 0.25) is 5.88 Å². The SMILES string of the molecule is COc1ncccc1C(=O)Nc1ccc(C(=O)N2CCCC2)cc1. The average molecular weight is 325 g/mol. The number of amides is 2. The van der Waals surface area contributed by atoms with Crippen molar-refractivity contribution < 1.29 is 14.3 Å². The molecule has 6 nitrogen and oxygen atoms in total. The van der Waals surface area contributed by atoms with E-state index in [0.717, 1.165) is 25.9 Å². The van der Waals surface area contributed by atoms with E-state index in [1.54, 1.807) is 42.6 Å². The highest BCUT2D eigenvalue weighted by Crippen LogP contribution is 2.18. The van der Waals surface area contributed by atoms with Crippen LogP contribution in [0.3, 0.4) is 0 Å². The zero-order valence-corrected chi connectivity index (χ0v) is 13.5. The summed E-state index contributed by atoms with van der Waals surface area (Å²) in [6, 6.07) is 10.2. The molecule has 24 heavy (non-hydrogen) atoms. The molecule has 1 N–H and O–H groups in total. The molecule has 0 unspecified atom stereocenters. The Kier molecular flexibility index (Phi) is 4.74. The molecular weight excluding hydrogens is 306 g/mol. The number of benzene rings is 1. The molecule has 0 spiro atoms. The summed E-state index contributed by atoms with van der Waals surface area (Å²) in [6.07, 6.45) is 3.69. The van der Waals surface area contributed by atoms with Crippen LogP contribution in [0.4, 0.5) is 5.69 Å². The Bertz CT molecular complexity index is 737. The van der Waals surface area contributed by atoms with E-state index in [9.17, 15) is 9.59 Å². The molecule has 1 aromatic carbocycles. The van der Waals surface area contributed by atoms with Crippen LogP contribution in [0.1, 0.15) is 33.6 Å². The minimum atomic E-state index is -0.307. The molecule has 0 bridgehead atoms. The Hall–Kier alpha value is -2.89. The first-order valence-corrected chi connectivity index (χ1v) is 7.89. The number of ether oxygens (including phenoxy) is 1. The highest BCUT2D eigenvalue weighted by Gasteiger charge is 2.19. The van der Waals surface area contributed by atoms with E-state index in [4.69, 9.17) is 4.74 Å². The van der Waals surface area contributed by atoms with E-state index in [-0.39, 0.29) is 17.7 Å². The number of rotatable bonds is 4. The van der Waals surface area contributed by atoms with Gasteiger partial charge in [-0.3, -0.25) is 9.59 Å². The summed E-state index contributed by atoms with van der Waals surface area (Å²) in [5, 5.41) is 2.78. The zero-order chi connectivity index (χ0) is 16.9. The molecule has 3 rings (SSSR count). The van der Waals surface area contributed by atoms with E-state index in [2.05, 4.69) is 10.3 Å². The maximum atomic E-state index is 12.3. The van der Waals surface area contributed by atoms with Crippen molar-refractivity contribution >= 4 is 17.5 Å². The van der Waals surface area contributed by atoms with Crippen LogP contribution in [0.2, 0.25) is 0 Å². The molecular formula is C18H19N3O3. The maximum Gasteiger partial charge on any atom is 0.261 e. The Labute approximate surface area is 140 Å². The van der Waals surface area contributed by atoms with Gasteiger partial charge in [-0.1, -0.05) is 0 Å². The molecule has 0 aliphatic carbocycles. The van der Waals surface area contributed by atoms with Gasteiger partial charge in [0, 0.05) is 30.5 Å². The fourth-order valence-electron chi connectivity index (χ4n) is 2.72. The molecule has 1 aliphatic heterocycles. The van der Waals surface area contributed by atoms with Gasteiger partial charge in [0.05, 0.1) is 7.11 Å². The van der Waals surface area contributed by atoms with Crippen molar-refractivity contribution in [3.8, 4) is 5.88 Å². The monoisotopic (exact) mass is 325 g/mol. The van der Waals surface area contributed by atoms with E-state index in [0.29, 0.717) is 16.8 Å². The summed E-state index contributed by atoms with van der Waals surface area (Å²) in [5.74, 6) is 0.00806. The van der Waals surface area contributed by atoms with Gasteiger partial charge >= 0.3 is 0 Å². The second-order valence-corrected chi connectivity index (χ2v) is 5.59. The van der Waals surface area contributed by atoms with Crippen LogP contribution in [-0.2, 0) is 0 Å². The van der Waals surface area contributed by atoms with Crippen molar-refractivity contribution in [3.63, 3.8) is 0 Å². The summed E-state index contributed by atoms with van der Waals surface area (Å²) in [4.78, 5) is 30.5. The number of aromatic nitrogens is 1. The number of pyridine rings is 1. The van der Waals surface area contributed by atoms with E-state index >= 15 is 0 Å². The fraction of sp³-hybridized carbons (Fsp3) is 0.278. The molecule has 0 atom stereocenters. The number of nitrogens with one attached hydrogen (secondary N) is 1. The number of carbonyl (C=O) groups excluding carboxylic acids is 2. The van der Waals surface area contributed by atoms with E-state index < -0.39 is 0 Å². The van der Waals surface area contributed by atoms with Gasteiger partial charge in [-0.25, -0.2) is 4.98 Å². The molecule has 2 heterocycles. The quantitative estimate of drug-likeness (QED) is 0.938. The summed E-state index contributed by atoms with van der Waals surface area (Å²) in [6.45, 7) is 1.64. The summed E-state index contributed by atoms with van der Waals surface area (Å²) in [5.41, 5.74) is 1.61. The lowest BCUT2D eigenvalue weighted by atomic mass is 10.1. The van der Waals surface area contributed by atoms with Crippen LogP contribution in [0.15, 0.2) is 42.6 Å². The third kappa shape index (κ3) is 3.37. The normalized spacial score (nSPS) is 13.6. The van der Waals surface area contributed by atoms with Crippen molar-refractivity contribution in [1.29, 1.82) is 0 Å². The van der Waals surface area contributed by atoms with Crippen LogP contribution in [0.25, 0.3) is 0 Å². The second kappa shape index (κ2) is 7.12. The highest BCUT2D eigenvalue weighted by molar-refractivity contribution is 6.06. The standard InChI is InChI=1S/C18H19N3O3/c1-24-17-15(5-4-10-19-17)16(22)20-14-8-6-13(7-9-14)18(23)21-11-2-3-12-21/h4-10H,2-3,11-12H2,1H3,(H,20,22). The van der Waals surface area contributed by atoms with Crippen molar-refractivity contribution in [1.82, 2.24) is 9.88 Å². The summed E-state index contributed by atoms with van der Waals surface area (Å²) in [7, 11) is 1.47. The second-order valence-electron chi connectivity index (χ2n) is 5.59. The largest absolute Gasteiger partial charge is 0.480 e. The van der Waals surface area contributed by atoms with Gasteiger partial charge in [0.1, 0.15) is 5.56 Å². The molecule has 1 fully saturated rings. The first-order chi connectivity index (χ1) is 11.7. The first kappa shape index (κ1) is 16.0. The highest BCUT2D eigenvalue weighted by atomic mass is 16.5. The van der Waals surface area contributed by atoms with Crippen molar-refractivity contribution in [3.05, 3.63) is 53.7 Å². The molecule has 0 radical (unpaired) electrons. The number of likely N-dealkylation sites (tertiary alicyclic amines) is 1. The van der Waals surface area contributed by atoms with Crippen molar-refractivity contribution in [2.75, 3.05) is 25.5 Å². The number of anilines is 1. The van der Waals surface area contributed by atoms with Gasteiger partial charge in [-0.15, -0.1) is 0 Å². The topological polar surface area (TPSA) is 71.5 Å². The van der Waals surface area contributed by atoms with Gasteiger partial charge < -0.3 is 15.0 Å². The first-order valence-electron chi connectivity index (χ1n) is 7.89. The lowest BCUT2D eigenvalue weighted by Gasteiger charge is -2.15. The Morgan fingerprint density at radius 3 is 2.50 bits per heavy atom. The van der Waals surface area contributed by atoms with Gasteiger partial charge in [0.15, 0.2) is 0 Å². The maximum absolute atomic E-state index is 12.3. The molecule has 0 saturated carbocycles. The van der Waals surface area contributed by atoms with Crippen molar-refractivity contribution in [2.45, 2.75) is 12.8 Å². The summed E-state index contributed by atoms with van der Waals surface area (Å²) >= 11 is 0. The van der Waals surface area contributed by atoms with E-state index in [1.807, 2.05) is 4.90 Å². The smallest absolute Gasteiger partial charge is 0.261 e. The van der Waals surface area contributed by atoms with Gasteiger partial charge in [-0.05, 0) is 49.2 Å². The predicted molar refractivity (Wildman–Crippen MR) is 90.3 cm³/mol. The van der Waals surface area contributed by atoms with Crippen LogP contribution in [-0.4, -0.2) is 41.9 Å². The van der Waals surface area contributed by atoms with Crippen LogP contribution < -0.4 is 10.1 Å². The van der Waals surface area contributed by atoms with Crippen molar-refractivity contribution in [2.24, 2.45) is 0 Å². The number of nitrogens with zero attached hydrogens (tertiary/aromatic N) is 2. The molecule has 124 valence electrons. The fourth-order valence-corrected chi connectivity index (χ4v) is 2.72. The molecule has 1 saturated heterocycles. The molecule has 2 amide bonds. The van der Waals surface area contributed by atoms with Crippen LogP contribution in [0, 0.1) is 0 Å². The lowest BCUT2D eigenvalue weighted by Crippen LogP contribution is -2.27. The Morgan fingerprint density at radius 2 is 1.83 bits per heavy atom. The average Bonchev–Trinajstić information content (AvgIpc) is 3.16. The van der Waals surface area contributed by atoms with E-state index in [1.165, 1.54) is 7.11 Å². The number of hydrogen-bond donors (Lipinski definition) is 1. The number of hydrogen-bond acceptors (Lipinski definition) is 4. The van der Waals surface area contributed by atoms with Crippen LogP contribution >= 0.6 is 0 Å².